The zero-order valence-electron chi connectivity index (χ0n) is 30.9. The molecule has 57 heavy (non-hydrogen) atoms. The van der Waals surface area contributed by atoms with Crippen molar-refractivity contribution in [2.75, 3.05) is 0 Å². The van der Waals surface area contributed by atoms with E-state index in [0.717, 1.165) is 105 Å². The van der Waals surface area contributed by atoms with Gasteiger partial charge < -0.3 is 0 Å². The van der Waals surface area contributed by atoms with Crippen LogP contribution in [0, 0.1) is 0 Å². The van der Waals surface area contributed by atoms with Crippen molar-refractivity contribution in [3.63, 3.8) is 0 Å². The third kappa shape index (κ3) is 5.74. The van der Waals surface area contributed by atoms with Gasteiger partial charge in [-0.25, -0.2) is 14.6 Å². The van der Waals surface area contributed by atoms with Crippen molar-refractivity contribution in [1.29, 1.82) is 0 Å². The molecule has 0 saturated heterocycles. The van der Waals surface area contributed by atoms with E-state index in [9.17, 15) is 0 Å². The molecule has 8 aromatic carbocycles. The summed E-state index contributed by atoms with van der Waals surface area (Å²) >= 11 is 0. The van der Waals surface area contributed by atoms with Gasteiger partial charge in [-0.2, -0.15) is 5.10 Å². The second-order valence-corrected chi connectivity index (χ2v) is 14.5. The number of para-hydroxylation sites is 1. The fourth-order valence-electron chi connectivity index (χ4n) is 8.18. The highest BCUT2D eigenvalue weighted by Crippen LogP contribution is 2.43. The van der Waals surface area contributed by atoms with E-state index in [1.807, 2.05) is 18.2 Å². The maximum absolute atomic E-state index is 5.36. The maximum atomic E-state index is 5.36. The largest absolute Gasteiger partial charge is 0.245 e. The van der Waals surface area contributed by atoms with Gasteiger partial charge in [0.15, 0.2) is 0 Å². The molecule has 0 unspecified atom stereocenters. The number of pyridine rings is 2. The lowest BCUT2D eigenvalue weighted by atomic mass is 9.92. The topological polar surface area (TPSA) is 43.6 Å². The van der Waals surface area contributed by atoms with Crippen LogP contribution in [0.1, 0.15) is 0 Å². The Labute approximate surface area is 330 Å². The van der Waals surface area contributed by atoms with Gasteiger partial charge in [-0.05, 0) is 70.1 Å². The van der Waals surface area contributed by atoms with E-state index in [0.29, 0.717) is 0 Å². The number of nitrogens with zero attached hydrogens (tertiary/aromatic N) is 4. The van der Waals surface area contributed by atoms with Gasteiger partial charge in [0.25, 0.3) is 0 Å². The van der Waals surface area contributed by atoms with Crippen LogP contribution < -0.4 is 0 Å². The fraction of sp³-hybridized carbons (Fsp3) is 0. The summed E-state index contributed by atoms with van der Waals surface area (Å²) in [6, 6.07) is 72.7. The second-order valence-electron chi connectivity index (χ2n) is 14.5. The molecule has 4 nitrogen and oxygen atoms in total. The van der Waals surface area contributed by atoms with Gasteiger partial charge in [-0.1, -0.05) is 164 Å². The second kappa shape index (κ2) is 13.6. The lowest BCUT2D eigenvalue weighted by Crippen LogP contribution is -1.97. The molecule has 0 N–H and O–H groups in total. The summed E-state index contributed by atoms with van der Waals surface area (Å²) in [5.41, 5.74) is 14.6. The smallest absolute Gasteiger partial charge is 0.101 e. The van der Waals surface area contributed by atoms with Crippen LogP contribution in [0.15, 0.2) is 206 Å². The quantitative estimate of drug-likeness (QED) is 0.160. The predicted octanol–water partition coefficient (Wildman–Crippen LogP) is 13.6. The van der Waals surface area contributed by atoms with Crippen LogP contribution in [0.2, 0.25) is 0 Å². The van der Waals surface area contributed by atoms with Gasteiger partial charge in [0, 0.05) is 38.2 Å². The van der Waals surface area contributed by atoms with Gasteiger partial charge >= 0.3 is 0 Å². The Balaban J connectivity index is 1.08. The molecule has 266 valence electrons. The number of hydrogen-bond acceptors (Lipinski definition) is 3. The summed E-state index contributed by atoms with van der Waals surface area (Å²) in [5, 5.41) is 10.9. The number of fused-ring (bicyclic) bond motifs is 6. The Morgan fingerprint density at radius 3 is 1.54 bits per heavy atom. The van der Waals surface area contributed by atoms with Gasteiger partial charge in [0.1, 0.15) is 5.69 Å². The molecule has 3 aromatic heterocycles. The van der Waals surface area contributed by atoms with Gasteiger partial charge in [-0.3, -0.25) is 0 Å². The third-order valence-corrected chi connectivity index (χ3v) is 11.0. The summed E-state index contributed by atoms with van der Waals surface area (Å²) in [7, 11) is 0. The summed E-state index contributed by atoms with van der Waals surface area (Å²) < 4.78 is 2.12. The first-order valence-electron chi connectivity index (χ1n) is 19.3. The molecule has 11 rings (SSSR count). The molecule has 0 fully saturated rings. The van der Waals surface area contributed by atoms with Crippen molar-refractivity contribution in [1.82, 2.24) is 19.7 Å². The fourth-order valence-corrected chi connectivity index (χ4v) is 8.18. The van der Waals surface area contributed by atoms with Gasteiger partial charge in [0.2, 0.25) is 0 Å². The molecule has 0 aliphatic rings. The van der Waals surface area contributed by atoms with E-state index in [4.69, 9.17) is 15.1 Å². The Kier molecular flexibility index (Phi) is 7.78. The van der Waals surface area contributed by atoms with Crippen LogP contribution in [0.3, 0.4) is 0 Å². The van der Waals surface area contributed by atoms with Gasteiger partial charge in [0.05, 0.1) is 33.6 Å². The van der Waals surface area contributed by atoms with Crippen LogP contribution in [0.25, 0.3) is 105 Å². The monoisotopic (exact) mass is 726 g/mol. The number of rotatable bonds is 6. The molecule has 0 aliphatic heterocycles. The highest BCUT2D eigenvalue weighted by molar-refractivity contribution is 6.17. The molecule has 0 amide bonds. The first-order chi connectivity index (χ1) is 28.2. The number of hydrogen-bond donors (Lipinski definition) is 0. The van der Waals surface area contributed by atoms with Gasteiger partial charge in [-0.15, -0.1) is 0 Å². The summed E-state index contributed by atoms with van der Waals surface area (Å²) in [6.07, 6.45) is 0. The first kappa shape index (κ1) is 32.7. The Bertz CT molecular complexity index is 3260. The highest BCUT2D eigenvalue weighted by Gasteiger charge is 2.21. The van der Waals surface area contributed by atoms with E-state index < -0.39 is 0 Å². The van der Waals surface area contributed by atoms with Crippen molar-refractivity contribution in [3.05, 3.63) is 206 Å². The average Bonchev–Trinajstić information content (AvgIpc) is 3.70. The van der Waals surface area contributed by atoms with E-state index >= 15 is 0 Å². The molecule has 0 bridgehead atoms. The zero-order valence-corrected chi connectivity index (χ0v) is 30.9. The molecule has 0 saturated carbocycles. The van der Waals surface area contributed by atoms with Crippen molar-refractivity contribution in [3.8, 4) is 61.7 Å². The Hall–Kier alpha value is -7.69. The minimum Gasteiger partial charge on any atom is -0.245 e. The summed E-state index contributed by atoms with van der Waals surface area (Å²) in [6.45, 7) is 0. The molecule has 3 heterocycles. The van der Waals surface area contributed by atoms with E-state index in [1.165, 1.54) is 0 Å². The average molecular weight is 727 g/mol. The molecule has 0 aliphatic carbocycles. The number of benzene rings is 8. The van der Waals surface area contributed by atoms with Crippen LogP contribution in [0.5, 0.6) is 0 Å². The molecular weight excluding hydrogens is 693 g/mol. The predicted molar refractivity (Wildman–Crippen MR) is 236 cm³/mol. The molecule has 0 atom stereocenters. The van der Waals surface area contributed by atoms with Crippen LogP contribution in [0.4, 0.5) is 0 Å². The third-order valence-electron chi connectivity index (χ3n) is 11.0. The normalized spacial score (nSPS) is 11.5. The summed E-state index contributed by atoms with van der Waals surface area (Å²) in [4.78, 5) is 10.4. The SMILES string of the molecule is c1ccc(-c2ccc3ccc4ccc(-c5cccc(-c6ccc7c(c6)cc(-c6ccccc6)c6c(-c8ccccc8)nn(-c8ccccc8)c67)c5)nc4c3n2)cc1. The minimum absolute atomic E-state index is 0.904. The molecule has 0 spiro atoms. The van der Waals surface area contributed by atoms with Crippen molar-refractivity contribution in [2.45, 2.75) is 0 Å². The maximum Gasteiger partial charge on any atom is 0.101 e. The van der Waals surface area contributed by atoms with Crippen LogP contribution in [-0.4, -0.2) is 19.7 Å². The molecule has 4 heteroatoms. The van der Waals surface area contributed by atoms with Crippen LogP contribution in [-0.2, 0) is 0 Å². The Morgan fingerprint density at radius 2 is 0.877 bits per heavy atom. The molecule has 11 aromatic rings. The van der Waals surface area contributed by atoms with E-state index in [2.05, 4.69) is 193 Å². The highest BCUT2D eigenvalue weighted by atomic mass is 15.3. The number of aromatic nitrogens is 4. The minimum atomic E-state index is 0.904. The first-order valence-corrected chi connectivity index (χ1v) is 19.3. The Morgan fingerprint density at radius 1 is 0.351 bits per heavy atom. The van der Waals surface area contributed by atoms with Crippen molar-refractivity contribution in [2.24, 2.45) is 0 Å². The lowest BCUT2D eigenvalue weighted by molar-refractivity contribution is 0.918. The van der Waals surface area contributed by atoms with Crippen molar-refractivity contribution >= 4 is 43.5 Å². The lowest BCUT2D eigenvalue weighted by Gasteiger charge is -2.13. The van der Waals surface area contributed by atoms with Crippen LogP contribution >= 0.6 is 0 Å². The molecular formula is C53H34N4. The van der Waals surface area contributed by atoms with Crippen molar-refractivity contribution < 1.29 is 0 Å². The standard InChI is InChI=1S/C53H34N4/c1-5-14-35(15-6-1)46-34-43-33-41(26-29-45(43)53-49(46)50(37-18-9-3-10-19-37)56-57(53)44-22-11-4-12-23-44)40-20-13-21-42(32-40)48-31-28-39-25-24-38-27-30-47(36-16-7-2-8-17-36)54-51(38)52(39)55-48/h1-34H. The van der Waals surface area contributed by atoms with E-state index in [1.54, 1.807) is 0 Å². The zero-order chi connectivity index (χ0) is 37.7. The van der Waals surface area contributed by atoms with E-state index in [-0.39, 0.29) is 0 Å². The molecule has 0 radical (unpaired) electrons. The summed E-state index contributed by atoms with van der Waals surface area (Å²) in [5.74, 6) is 0.